The average molecular weight is 329 g/mol. The second kappa shape index (κ2) is 9.70. The van der Waals surface area contributed by atoms with Crippen LogP contribution in [0.4, 0.5) is 0 Å². The van der Waals surface area contributed by atoms with Gasteiger partial charge in [0.25, 0.3) is 5.91 Å². The van der Waals surface area contributed by atoms with Gasteiger partial charge in [-0.15, -0.1) is 12.4 Å². The topological polar surface area (TPSA) is 50.4 Å². The molecule has 0 saturated heterocycles. The Morgan fingerprint density at radius 2 is 1.86 bits per heavy atom. The molecule has 0 radical (unpaired) electrons. The fraction of sp³-hybridized carbons (Fsp3) is 0.588. The number of likely N-dealkylation sites (N-methyl/N-ethyl adjacent to an activating group) is 1. The van der Waals surface area contributed by atoms with Gasteiger partial charge in [-0.2, -0.15) is 0 Å². The Morgan fingerprint density at radius 1 is 1.23 bits per heavy atom. The highest BCUT2D eigenvalue weighted by molar-refractivity contribution is 5.85. The van der Waals surface area contributed by atoms with Gasteiger partial charge in [0.1, 0.15) is 5.75 Å². The number of aryl methyl sites for hydroxylation is 1. The van der Waals surface area contributed by atoms with Crippen LogP contribution in [0.3, 0.4) is 0 Å². The fourth-order valence-corrected chi connectivity index (χ4v) is 2.13. The fourth-order valence-electron chi connectivity index (χ4n) is 2.13. The number of hydrogen-bond donors (Lipinski definition) is 2. The molecule has 1 amide bonds. The number of ether oxygens (including phenoxy) is 1. The number of nitrogens with one attached hydrogen (secondary N) is 2. The molecule has 2 unspecified atom stereocenters. The molecule has 1 aromatic rings. The van der Waals surface area contributed by atoms with Crippen molar-refractivity contribution in [2.45, 2.75) is 52.7 Å². The first kappa shape index (κ1) is 20.7. The highest BCUT2D eigenvalue weighted by Gasteiger charge is 2.15. The number of hydrogen-bond acceptors (Lipinski definition) is 3. The average Bonchev–Trinajstić information content (AvgIpc) is 2.43. The Bertz CT molecular complexity index is 478. The molecule has 0 spiro atoms. The van der Waals surface area contributed by atoms with Crippen molar-refractivity contribution < 1.29 is 9.53 Å². The maximum Gasteiger partial charge on any atom is 0.260 e. The van der Waals surface area contributed by atoms with Crippen LogP contribution in [0.1, 0.15) is 44.7 Å². The molecule has 126 valence electrons. The molecule has 0 saturated carbocycles. The number of carbonyl (C=O) groups excluding carboxylic acids is 1. The van der Waals surface area contributed by atoms with Crippen molar-refractivity contribution in [2.24, 2.45) is 0 Å². The van der Waals surface area contributed by atoms with Crippen LogP contribution in [0.2, 0.25) is 0 Å². The molecule has 1 rings (SSSR count). The Kier molecular flexibility index (Phi) is 9.14. The number of amides is 1. The monoisotopic (exact) mass is 328 g/mol. The number of benzene rings is 1. The summed E-state index contributed by atoms with van der Waals surface area (Å²) in [6, 6.07) is 6.24. The van der Waals surface area contributed by atoms with Crippen molar-refractivity contribution in [2.75, 3.05) is 13.6 Å². The van der Waals surface area contributed by atoms with Crippen LogP contribution in [0.15, 0.2) is 18.2 Å². The normalized spacial score (nSPS) is 13.2. The molecule has 0 heterocycles. The van der Waals surface area contributed by atoms with Gasteiger partial charge >= 0.3 is 0 Å². The molecule has 4 nitrogen and oxygen atoms in total. The zero-order valence-corrected chi connectivity index (χ0v) is 15.2. The second-order valence-corrected chi connectivity index (χ2v) is 5.87. The van der Waals surface area contributed by atoms with Gasteiger partial charge in [0.2, 0.25) is 0 Å². The summed E-state index contributed by atoms with van der Waals surface area (Å²) in [5.41, 5.74) is 2.50. The lowest BCUT2D eigenvalue weighted by molar-refractivity contribution is -0.127. The lowest BCUT2D eigenvalue weighted by Gasteiger charge is -2.18. The summed E-state index contributed by atoms with van der Waals surface area (Å²) in [5, 5.41) is 5.95. The smallest absolute Gasteiger partial charge is 0.260 e. The van der Waals surface area contributed by atoms with E-state index in [1.165, 1.54) is 11.1 Å². The minimum atomic E-state index is -0.502. The molecule has 2 N–H and O–H groups in total. The van der Waals surface area contributed by atoms with E-state index in [1.807, 2.05) is 26.1 Å². The quantitative estimate of drug-likeness (QED) is 0.809. The van der Waals surface area contributed by atoms with Crippen molar-refractivity contribution in [1.29, 1.82) is 0 Å². The Hall–Kier alpha value is -1.26. The van der Waals surface area contributed by atoms with E-state index in [0.717, 1.165) is 5.75 Å². The van der Waals surface area contributed by atoms with Gasteiger partial charge in [-0.3, -0.25) is 4.79 Å². The molecule has 0 aliphatic rings. The second-order valence-electron chi connectivity index (χ2n) is 5.87. The zero-order chi connectivity index (χ0) is 16.0. The summed E-state index contributed by atoms with van der Waals surface area (Å²) >= 11 is 0. The summed E-state index contributed by atoms with van der Waals surface area (Å²) < 4.78 is 5.73. The van der Waals surface area contributed by atoms with E-state index < -0.39 is 6.10 Å². The van der Waals surface area contributed by atoms with Crippen molar-refractivity contribution in [3.8, 4) is 5.75 Å². The van der Waals surface area contributed by atoms with E-state index in [-0.39, 0.29) is 24.4 Å². The minimum Gasteiger partial charge on any atom is -0.481 e. The van der Waals surface area contributed by atoms with Crippen LogP contribution >= 0.6 is 12.4 Å². The van der Waals surface area contributed by atoms with Crippen LogP contribution in [-0.2, 0) is 4.79 Å². The first-order valence-electron chi connectivity index (χ1n) is 7.57. The predicted molar refractivity (Wildman–Crippen MR) is 94.1 cm³/mol. The van der Waals surface area contributed by atoms with E-state index in [2.05, 4.69) is 37.5 Å². The van der Waals surface area contributed by atoms with Crippen LogP contribution < -0.4 is 15.4 Å². The van der Waals surface area contributed by atoms with Crippen LogP contribution in [0.25, 0.3) is 0 Å². The van der Waals surface area contributed by atoms with E-state index in [0.29, 0.717) is 12.5 Å². The molecule has 0 aliphatic heterocycles. The van der Waals surface area contributed by atoms with E-state index >= 15 is 0 Å². The Morgan fingerprint density at radius 3 is 2.36 bits per heavy atom. The van der Waals surface area contributed by atoms with Crippen LogP contribution in [0, 0.1) is 6.92 Å². The maximum absolute atomic E-state index is 12.0. The summed E-state index contributed by atoms with van der Waals surface area (Å²) in [6.45, 7) is 10.8. The molecule has 22 heavy (non-hydrogen) atoms. The highest BCUT2D eigenvalue weighted by Crippen LogP contribution is 2.24. The van der Waals surface area contributed by atoms with Gasteiger partial charge in [-0.25, -0.2) is 0 Å². The summed E-state index contributed by atoms with van der Waals surface area (Å²) in [4.78, 5) is 12.0. The number of halogens is 1. The van der Waals surface area contributed by atoms with Crippen molar-refractivity contribution in [3.63, 3.8) is 0 Å². The van der Waals surface area contributed by atoms with Crippen LogP contribution in [-0.4, -0.2) is 31.6 Å². The number of carbonyl (C=O) groups is 1. The third-order valence-corrected chi connectivity index (χ3v) is 3.62. The third-order valence-electron chi connectivity index (χ3n) is 3.62. The van der Waals surface area contributed by atoms with E-state index in [9.17, 15) is 4.79 Å². The van der Waals surface area contributed by atoms with Crippen molar-refractivity contribution in [3.05, 3.63) is 29.3 Å². The number of rotatable bonds is 7. The Labute approximate surface area is 140 Å². The molecule has 0 bridgehead atoms. The van der Waals surface area contributed by atoms with Crippen molar-refractivity contribution >= 4 is 18.3 Å². The predicted octanol–water partition coefficient (Wildman–Crippen LogP) is 3.03. The lowest BCUT2D eigenvalue weighted by Crippen LogP contribution is -2.42. The Balaban J connectivity index is 0.00000441. The molecule has 5 heteroatoms. The largest absolute Gasteiger partial charge is 0.481 e. The molecule has 1 aromatic carbocycles. The molecule has 0 aliphatic carbocycles. The SMILES string of the molecule is CNC(C)CNC(=O)C(C)Oc1ccc(C(C)C)c(C)c1.Cl. The van der Waals surface area contributed by atoms with Gasteiger partial charge in [-0.1, -0.05) is 19.9 Å². The molecular formula is C17H29ClN2O2. The van der Waals surface area contributed by atoms with Crippen molar-refractivity contribution in [1.82, 2.24) is 10.6 Å². The standard InChI is InChI=1S/C17H28N2O2.ClH/c1-11(2)16-8-7-15(9-12(16)3)21-14(5)17(20)19-10-13(4)18-6;/h7-9,11,13-14,18H,10H2,1-6H3,(H,19,20);1H. The molecule has 0 fully saturated rings. The summed E-state index contributed by atoms with van der Waals surface area (Å²) in [7, 11) is 1.87. The lowest BCUT2D eigenvalue weighted by atomic mass is 9.98. The van der Waals surface area contributed by atoms with Gasteiger partial charge in [0.15, 0.2) is 6.10 Å². The van der Waals surface area contributed by atoms with Gasteiger partial charge in [0, 0.05) is 12.6 Å². The van der Waals surface area contributed by atoms with E-state index in [4.69, 9.17) is 4.74 Å². The molecular weight excluding hydrogens is 300 g/mol. The molecule has 0 aromatic heterocycles. The van der Waals surface area contributed by atoms with Crippen LogP contribution in [0.5, 0.6) is 5.75 Å². The maximum atomic E-state index is 12.0. The molecule has 2 atom stereocenters. The highest BCUT2D eigenvalue weighted by atomic mass is 35.5. The van der Waals surface area contributed by atoms with Gasteiger partial charge in [0.05, 0.1) is 0 Å². The summed E-state index contributed by atoms with van der Waals surface area (Å²) in [6.07, 6.45) is -0.502. The van der Waals surface area contributed by atoms with E-state index in [1.54, 1.807) is 6.92 Å². The first-order chi connectivity index (χ1) is 9.85. The van der Waals surface area contributed by atoms with Gasteiger partial charge < -0.3 is 15.4 Å². The summed E-state index contributed by atoms with van der Waals surface area (Å²) in [5.74, 6) is 1.13. The third kappa shape index (κ3) is 6.24. The first-order valence-corrected chi connectivity index (χ1v) is 7.57. The minimum absolute atomic E-state index is 0. The zero-order valence-electron chi connectivity index (χ0n) is 14.4. The van der Waals surface area contributed by atoms with Gasteiger partial charge in [-0.05, 0) is 57.0 Å².